The first-order chi connectivity index (χ1) is 7.20. The first-order valence-electron chi connectivity index (χ1n) is 4.52. The van der Waals surface area contributed by atoms with Crippen molar-refractivity contribution >= 4 is 12.6 Å². The van der Waals surface area contributed by atoms with Crippen LogP contribution < -0.4 is 0 Å². The molecule has 0 spiro atoms. The van der Waals surface area contributed by atoms with E-state index in [0.29, 0.717) is 12.2 Å². The van der Waals surface area contributed by atoms with Crippen molar-refractivity contribution in [1.82, 2.24) is 4.98 Å². The summed E-state index contributed by atoms with van der Waals surface area (Å²) in [5.74, 6) is 0.465. The molecule has 5 heteroatoms. The summed E-state index contributed by atoms with van der Waals surface area (Å²) in [5, 5.41) is 28.1. The third kappa shape index (κ3) is 2.93. The molecule has 80 valence electrons. The highest BCUT2D eigenvalue weighted by molar-refractivity contribution is 7.80. The minimum atomic E-state index is -1.13. The van der Waals surface area contributed by atoms with Gasteiger partial charge in [0, 0.05) is 6.20 Å². The lowest BCUT2D eigenvalue weighted by Crippen LogP contribution is -2.20. The number of thiol groups is 1. The summed E-state index contributed by atoms with van der Waals surface area (Å²) in [6.07, 6.45) is -0.240. The first kappa shape index (κ1) is 12.0. The quantitative estimate of drug-likeness (QED) is 0.657. The third-order valence-electron chi connectivity index (χ3n) is 2.03. The van der Waals surface area contributed by atoms with Crippen LogP contribution in [0.15, 0.2) is 18.3 Å². The highest BCUT2D eigenvalue weighted by atomic mass is 32.1. The van der Waals surface area contributed by atoms with Crippen molar-refractivity contribution in [3.63, 3.8) is 0 Å². The minimum Gasteiger partial charge on any atom is -0.390 e. The van der Waals surface area contributed by atoms with E-state index in [9.17, 15) is 10.2 Å². The zero-order valence-electron chi connectivity index (χ0n) is 8.04. The van der Waals surface area contributed by atoms with E-state index in [2.05, 4.69) is 17.6 Å². The fourth-order valence-corrected chi connectivity index (χ4v) is 1.48. The van der Waals surface area contributed by atoms with Crippen molar-refractivity contribution in [3.05, 3.63) is 29.6 Å². The van der Waals surface area contributed by atoms with Gasteiger partial charge in [-0.3, -0.25) is 4.98 Å². The lowest BCUT2D eigenvalue weighted by molar-refractivity contribution is 0.0145. The summed E-state index contributed by atoms with van der Waals surface area (Å²) in [6, 6.07) is 5.09. The Hall–Kier alpha value is -1.09. The Labute approximate surface area is 93.6 Å². The molecule has 0 aromatic carbocycles. The van der Waals surface area contributed by atoms with Crippen LogP contribution in [0.2, 0.25) is 0 Å². The van der Waals surface area contributed by atoms with Crippen LogP contribution in [0.3, 0.4) is 0 Å². The second-order valence-corrected chi connectivity index (χ2v) is 3.52. The van der Waals surface area contributed by atoms with Gasteiger partial charge >= 0.3 is 0 Å². The van der Waals surface area contributed by atoms with E-state index in [1.807, 2.05) is 6.07 Å². The Morgan fingerprint density at radius 1 is 1.53 bits per heavy atom. The van der Waals surface area contributed by atoms with Crippen molar-refractivity contribution in [2.24, 2.45) is 0 Å². The van der Waals surface area contributed by atoms with Gasteiger partial charge in [0.15, 0.2) is 0 Å². The van der Waals surface area contributed by atoms with Crippen molar-refractivity contribution < 1.29 is 10.2 Å². The second kappa shape index (κ2) is 5.71. The average molecular weight is 224 g/mol. The molecule has 1 rings (SSSR count). The van der Waals surface area contributed by atoms with Gasteiger partial charge in [0.05, 0.1) is 17.4 Å². The zero-order chi connectivity index (χ0) is 11.3. The molecule has 2 N–H and O–H groups in total. The van der Waals surface area contributed by atoms with Crippen LogP contribution in [-0.2, 0) is 0 Å². The highest BCUT2D eigenvalue weighted by Crippen LogP contribution is 2.20. The van der Waals surface area contributed by atoms with Crippen molar-refractivity contribution in [2.45, 2.75) is 18.6 Å². The Morgan fingerprint density at radius 2 is 2.27 bits per heavy atom. The third-order valence-corrected chi connectivity index (χ3v) is 2.29. The smallest absolute Gasteiger partial charge is 0.123 e. The van der Waals surface area contributed by atoms with E-state index < -0.39 is 12.2 Å². The molecule has 1 aromatic heterocycles. The van der Waals surface area contributed by atoms with E-state index in [-0.39, 0.29) is 11.3 Å². The van der Waals surface area contributed by atoms with Gasteiger partial charge in [-0.2, -0.15) is 17.9 Å². The van der Waals surface area contributed by atoms with E-state index in [4.69, 9.17) is 5.26 Å². The molecule has 15 heavy (non-hydrogen) atoms. The molecule has 0 aliphatic rings. The summed E-state index contributed by atoms with van der Waals surface area (Å²) >= 11 is 3.96. The highest BCUT2D eigenvalue weighted by Gasteiger charge is 2.21. The average Bonchev–Trinajstić information content (AvgIpc) is 2.28. The predicted octanol–water partition coefficient (Wildman–Crippen LogP) is 0.667. The fourth-order valence-electron chi connectivity index (χ4n) is 1.22. The van der Waals surface area contributed by atoms with E-state index in [1.165, 1.54) is 6.20 Å². The Morgan fingerprint density at radius 3 is 2.87 bits per heavy atom. The summed E-state index contributed by atoms with van der Waals surface area (Å²) < 4.78 is 0. The van der Waals surface area contributed by atoms with Gasteiger partial charge in [-0.25, -0.2) is 0 Å². The number of rotatable bonds is 4. The Kier molecular flexibility index (Phi) is 4.56. The number of nitrogens with zero attached hydrogens (tertiary/aromatic N) is 2. The van der Waals surface area contributed by atoms with Gasteiger partial charge in [0.1, 0.15) is 12.2 Å². The van der Waals surface area contributed by atoms with Crippen LogP contribution in [-0.4, -0.2) is 27.1 Å². The summed E-state index contributed by atoms with van der Waals surface area (Å²) in [4.78, 5) is 3.90. The van der Waals surface area contributed by atoms with Crippen LogP contribution in [0, 0.1) is 11.3 Å². The molecule has 0 saturated heterocycles. The zero-order valence-corrected chi connectivity index (χ0v) is 8.93. The number of aliphatic hydroxyl groups is 2. The van der Waals surface area contributed by atoms with Gasteiger partial charge in [-0.05, 0) is 24.3 Å². The number of aliphatic hydroxyl groups excluding tert-OH is 2. The van der Waals surface area contributed by atoms with Gasteiger partial charge in [0.25, 0.3) is 0 Å². The van der Waals surface area contributed by atoms with Gasteiger partial charge in [0.2, 0.25) is 0 Å². The summed E-state index contributed by atoms with van der Waals surface area (Å²) in [6.45, 7) is 0. The topological polar surface area (TPSA) is 77.1 Å². The maximum absolute atomic E-state index is 9.73. The SMILES string of the molecule is N#Cc1cccnc1C(O)C(O)CCS. The molecule has 0 amide bonds. The largest absolute Gasteiger partial charge is 0.390 e. The number of aromatic nitrogens is 1. The lowest BCUT2D eigenvalue weighted by atomic mass is 10.0. The molecule has 0 saturated carbocycles. The normalized spacial score (nSPS) is 14.3. The van der Waals surface area contributed by atoms with Gasteiger partial charge in [-0.1, -0.05) is 0 Å². The minimum absolute atomic E-state index is 0.217. The molecule has 0 radical (unpaired) electrons. The van der Waals surface area contributed by atoms with Crippen molar-refractivity contribution in [3.8, 4) is 6.07 Å². The standard InChI is InChI=1S/C10H12N2O2S/c11-6-7-2-1-4-12-9(7)10(14)8(13)3-5-15/h1-2,4,8,10,13-15H,3,5H2. The Balaban J connectivity index is 2.91. The molecule has 0 aliphatic carbocycles. The van der Waals surface area contributed by atoms with Crippen LogP contribution in [0.4, 0.5) is 0 Å². The van der Waals surface area contributed by atoms with E-state index in [0.717, 1.165) is 0 Å². The second-order valence-electron chi connectivity index (χ2n) is 3.07. The number of hydrogen-bond donors (Lipinski definition) is 3. The van der Waals surface area contributed by atoms with Crippen LogP contribution in [0.1, 0.15) is 23.8 Å². The maximum Gasteiger partial charge on any atom is 0.123 e. The summed E-state index contributed by atoms with van der Waals surface area (Å²) in [7, 11) is 0. The molecular formula is C10H12N2O2S. The number of nitriles is 1. The molecule has 0 bridgehead atoms. The molecular weight excluding hydrogens is 212 g/mol. The monoisotopic (exact) mass is 224 g/mol. The van der Waals surface area contributed by atoms with Crippen LogP contribution in [0.25, 0.3) is 0 Å². The predicted molar refractivity (Wildman–Crippen MR) is 58.4 cm³/mol. The maximum atomic E-state index is 9.73. The number of pyridine rings is 1. The van der Waals surface area contributed by atoms with Crippen molar-refractivity contribution in [2.75, 3.05) is 5.75 Å². The number of hydrogen-bond acceptors (Lipinski definition) is 5. The molecule has 1 aromatic rings. The fraction of sp³-hybridized carbons (Fsp3) is 0.400. The molecule has 1 heterocycles. The van der Waals surface area contributed by atoms with Crippen molar-refractivity contribution in [1.29, 1.82) is 5.26 Å². The lowest BCUT2D eigenvalue weighted by Gasteiger charge is -2.16. The molecule has 2 unspecified atom stereocenters. The summed E-state index contributed by atoms with van der Waals surface area (Å²) in [5.41, 5.74) is 0.498. The van der Waals surface area contributed by atoms with E-state index in [1.54, 1.807) is 12.1 Å². The Bertz CT molecular complexity index is 365. The van der Waals surface area contributed by atoms with Crippen LogP contribution >= 0.6 is 12.6 Å². The van der Waals surface area contributed by atoms with Gasteiger partial charge in [-0.15, -0.1) is 0 Å². The van der Waals surface area contributed by atoms with Gasteiger partial charge < -0.3 is 10.2 Å². The first-order valence-corrected chi connectivity index (χ1v) is 5.16. The molecule has 2 atom stereocenters. The molecule has 0 fully saturated rings. The molecule has 4 nitrogen and oxygen atoms in total. The molecule has 0 aliphatic heterocycles. The van der Waals surface area contributed by atoms with E-state index >= 15 is 0 Å². The van der Waals surface area contributed by atoms with Crippen LogP contribution in [0.5, 0.6) is 0 Å².